The first-order valence-corrected chi connectivity index (χ1v) is 6.00. The average molecular weight is 235 g/mol. The largest absolute Gasteiger partial charge is 0.472 e. The molecular formula is C11H9NO3S. The Morgan fingerprint density at radius 3 is 2.50 bits per heavy atom. The fourth-order valence-corrected chi connectivity index (χ4v) is 2.02. The SMILES string of the molecule is O=S(=O)(N=Cc1ccoc1)c1ccccc1. The molecule has 0 aliphatic rings. The molecule has 0 saturated carbocycles. The molecule has 0 spiro atoms. The molecule has 0 aliphatic carbocycles. The Kier molecular flexibility index (Phi) is 2.87. The lowest BCUT2D eigenvalue weighted by Crippen LogP contribution is -1.96. The van der Waals surface area contributed by atoms with Gasteiger partial charge in [0, 0.05) is 5.56 Å². The molecule has 0 amide bonds. The third-order valence-electron chi connectivity index (χ3n) is 1.92. The number of rotatable bonds is 3. The fraction of sp³-hybridized carbons (Fsp3) is 0. The highest BCUT2D eigenvalue weighted by atomic mass is 32.2. The second-order valence-corrected chi connectivity index (χ2v) is 4.71. The first kappa shape index (κ1) is 10.6. The minimum atomic E-state index is -3.61. The summed E-state index contributed by atoms with van der Waals surface area (Å²) in [5, 5.41) is 0. The Labute approximate surface area is 93.3 Å². The van der Waals surface area contributed by atoms with E-state index in [1.54, 1.807) is 24.3 Å². The predicted octanol–water partition coefficient (Wildman–Crippen LogP) is 2.09. The van der Waals surface area contributed by atoms with Crippen molar-refractivity contribution in [3.05, 3.63) is 54.5 Å². The lowest BCUT2D eigenvalue weighted by molar-refractivity contribution is 0.567. The minimum Gasteiger partial charge on any atom is -0.472 e. The molecule has 1 heterocycles. The van der Waals surface area contributed by atoms with Gasteiger partial charge in [0.05, 0.1) is 23.6 Å². The molecule has 0 N–H and O–H groups in total. The number of hydrogen-bond donors (Lipinski definition) is 0. The van der Waals surface area contributed by atoms with Crippen molar-refractivity contribution in [3.8, 4) is 0 Å². The van der Waals surface area contributed by atoms with Crippen LogP contribution in [0.4, 0.5) is 0 Å². The van der Waals surface area contributed by atoms with E-state index in [4.69, 9.17) is 4.42 Å². The van der Waals surface area contributed by atoms with E-state index >= 15 is 0 Å². The zero-order chi connectivity index (χ0) is 11.4. The molecular weight excluding hydrogens is 226 g/mol. The lowest BCUT2D eigenvalue weighted by atomic mass is 10.4. The second kappa shape index (κ2) is 4.32. The van der Waals surface area contributed by atoms with Gasteiger partial charge in [-0.2, -0.15) is 12.8 Å². The van der Waals surface area contributed by atoms with Crippen LogP contribution in [0.3, 0.4) is 0 Å². The Bertz CT molecular complexity index is 571. The molecule has 0 fully saturated rings. The van der Waals surface area contributed by atoms with Crippen molar-refractivity contribution in [2.75, 3.05) is 0 Å². The van der Waals surface area contributed by atoms with E-state index in [1.807, 2.05) is 0 Å². The maximum absolute atomic E-state index is 11.7. The molecule has 0 unspecified atom stereocenters. The molecule has 82 valence electrons. The van der Waals surface area contributed by atoms with Crippen LogP contribution in [0.2, 0.25) is 0 Å². The van der Waals surface area contributed by atoms with Gasteiger partial charge in [0.1, 0.15) is 0 Å². The van der Waals surface area contributed by atoms with E-state index in [2.05, 4.69) is 4.40 Å². The number of benzene rings is 1. The third kappa shape index (κ3) is 2.38. The van der Waals surface area contributed by atoms with E-state index < -0.39 is 10.0 Å². The number of furan rings is 1. The Hall–Kier alpha value is -1.88. The van der Waals surface area contributed by atoms with Crippen molar-refractivity contribution >= 4 is 16.2 Å². The van der Waals surface area contributed by atoms with Crippen LogP contribution < -0.4 is 0 Å². The van der Waals surface area contributed by atoms with E-state index in [0.717, 1.165) is 0 Å². The minimum absolute atomic E-state index is 0.176. The molecule has 0 aliphatic heterocycles. The molecule has 0 radical (unpaired) electrons. The van der Waals surface area contributed by atoms with Crippen LogP contribution in [0.15, 0.2) is 62.6 Å². The molecule has 2 rings (SSSR count). The maximum Gasteiger partial charge on any atom is 0.282 e. The number of nitrogens with zero attached hydrogens (tertiary/aromatic N) is 1. The van der Waals surface area contributed by atoms with Gasteiger partial charge >= 0.3 is 0 Å². The van der Waals surface area contributed by atoms with E-state index in [1.165, 1.54) is 30.9 Å². The zero-order valence-corrected chi connectivity index (χ0v) is 9.09. The monoisotopic (exact) mass is 235 g/mol. The maximum atomic E-state index is 11.7. The van der Waals surface area contributed by atoms with E-state index in [0.29, 0.717) is 5.56 Å². The van der Waals surface area contributed by atoms with Gasteiger partial charge in [0.25, 0.3) is 10.0 Å². The van der Waals surface area contributed by atoms with Gasteiger partial charge in [-0.15, -0.1) is 0 Å². The smallest absolute Gasteiger partial charge is 0.282 e. The number of hydrogen-bond acceptors (Lipinski definition) is 3. The average Bonchev–Trinajstić information content (AvgIpc) is 2.81. The number of sulfonamides is 1. The molecule has 1 aromatic carbocycles. The summed E-state index contributed by atoms with van der Waals surface area (Å²) in [5.41, 5.74) is 0.611. The normalized spacial score (nSPS) is 12.0. The fourth-order valence-electron chi connectivity index (χ4n) is 1.13. The van der Waals surface area contributed by atoms with Crippen LogP contribution >= 0.6 is 0 Å². The van der Waals surface area contributed by atoms with Crippen molar-refractivity contribution in [2.24, 2.45) is 4.40 Å². The second-order valence-electron chi connectivity index (χ2n) is 3.08. The van der Waals surface area contributed by atoms with Crippen molar-refractivity contribution in [2.45, 2.75) is 4.90 Å². The summed E-state index contributed by atoms with van der Waals surface area (Å²) >= 11 is 0. The highest BCUT2D eigenvalue weighted by molar-refractivity contribution is 7.90. The lowest BCUT2D eigenvalue weighted by Gasteiger charge is -1.96. The Balaban J connectivity index is 2.28. The zero-order valence-electron chi connectivity index (χ0n) is 8.28. The molecule has 0 atom stereocenters. The van der Waals surface area contributed by atoms with Crippen molar-refractivity contribution < 1.29 is 12.8 Å². The summed E-state index contributed by atoms with van der Waals surface area (Å²) < 4.78 is 31.8. The molecule has 5 heteroatoms. The van der Waals surface area contributed by atoms with Gasteiger partial charge < -0.3 is 4.42 Å². The van der Waals surface area contributed by atoms with Crippen molar-refractivity contribution in [1.82, 2.24) is 0 Å². The van der Waals surface area contributed by atoms with Gasteiger partial charge in [-0.25, -0.2) is 0 Å². The molecule has 0 saturated heterocycles. The van der Waals surface area contributed by atoms with Gasteiger partial charge in [-0.05, 0) is 18.2 Å². The molecule has 4 nitrogen and oxygen atoms in total. The van der Waals surface area contributed by atoms with Crippen molar-refractivity contribution in [1.29, 1.82) is 0 Å². The van der Waals surface area contributed by atoms with Gasteiger partial charge in [0.15, 0.2) is 0 Å². The van der Waals surface area contributed by atoms with Gasteiger partial charge in [-0.3, -0.25) is 0 Å². The molecule has 16 heavy (non-hydrogen) atoms. The third-order valence-corrected chi connectivity index (χ3v) is 3.18. The Morgan fingerprint density at radius 1 is 1.12 bits per heavy atom. The molecule has 0 bridgehead atoms. The molecule has 1 aromatic heterocycles. The van der Waals surface area contributed by atoms with Crippen LogP contribution in [-0.2, 0) is 10.0 Å². The quantitative estimate of drug-likeness (QED) is 0.765. The van der Waals surface area contributed by atoms with Crippen LogP contribution in [0.25, 0.3) is 0 Å². The predicted molar refractivity (Wildman–Crippen MR) is 59.9 cm³/mol. The summed E-state index contributed by atoms with van der Waals surface area (Å²) in [6.45, 7) is 0. The van der Waals surface area contributed by atoms with Gasteiger partial charge in [0.2, 0.25) is 0 Å². The first-order chi connectivity index (χ1) is 7.68. The topological polar surface area (TPSA) is 59.6 Å². The van der Waals surface area contributed by atoms with Crippen molar-refractivity contribution in [3.63, 3.8) is 0 Å². The van der Waals surface area contributed by atoms with Crippen LogP contribution in [0.5, 0.6) is 0 Å². The summed E-state index contributed by atoms with van der Waals surface area (Å²) in [4.78, 5) is 0.176. The first-order valence-electron chi connectivity index (χ1n) is 4.56. The van der Waals surface area contributed by atoms with Crippen LogP contribution in [-0.4, -0.2) is 14.6 Å². The summed E-state index contributed by atoms with van der Waals surface area (Å²) in [6, 6.07) is 9.69. The van der Waals surface area contributed by atoms with Crippen LogP contribution in [0.1, 0.15) is 5.56 Å². The van der Waals surface area contributed by atoms with E-state index in [-0.39, 0.29) is 4.90 Å². The summed E-state index contributed by atoms with van der Waals surface area (Å²) in [5.74, 6) is 0. The molecule has 2 aromatic rings. The van der Waals surface area contributed by atoms with Crippen LogP contribution in [0, 0.1) is 0 Å². The summed E-state index contributed by atoms with van der Waals surface area (Å²) in [7, 11) is -3.61. The summed E-state index contributed by atoms with van der Waals surface area (Å²) in [6.07, 6.45) is 4.13. The Morgan fingerprint density at radius 2 is 1.88 bits per heavy atom. The highest BCUT2D eigenvalue weighted by Gasteiger charge is 2.09. The van der Waals surface area contributed by atoms with Gasteiger partial charge in [-0.1, -0.05) is 18.2 Å². The van der Waals surface area contributed by atoms with E-state index in [9.17, 15) is 8.42 Å². The standard InChI is InChI=1S/C11H9NO3S/c13-16(14,11-4-2-1-3-5-11)12-8-10-6-7-15-9-10/h1-9H. The highest BCUT2D eigenvalue weighted by Crippen LogP contribution is 2.11.